The first-order valence-electron chi connectivity index (χ1n) is 2.72. The van der Waals surface area contributed by atoms with Gasteiger partial charge in [0, 0.05) is 6.07 Å². The van der Waals surface area contributed by atoms with Gasteiger partial charge in [-0.15, -0.1) is 0 Å². The average Bonchev–Trinajstić information content (AvgIpc) is 1.94. The van der Waals surface area contributed by atoms with Crippen LogP contribution in [0.25, 0.3) is 0 Å². The summed E-state index contributed by atoms with van der Waals surface area (Å²) in [6, 6.07) is 1.45. The Morgan fingerprint density at radius 2 is 2.40 bits per heavy atom. The van der Waals surface area contributed by atoms with Gasteiger partial charge in [0.15, 0.2) is 11.5 Å². The number of nitrogens with two attached hydrogens (primary N) is 1. The second kappa shape index (κ2) is 2.43. The van der Waals surface area contributed by atoms with Crippen LogP contribution in [-0.4, -0.2) is 17.2 Å². The van der Waals surface area contributed by atoms with Gasteiger partial charge in [-0.1, -0.05) is 0 Å². The number of nitrogens with zero attached hydrogens (tertiary/aromatic N) is 1. The summed E-state index contributed by atoms with van der Waals surface area (Å²) in [6.45, 7) is 0. The van der Waals surface area contributed by atoms with Crippen molar-refractivity contribution >= 4 is 5.82 Å². The first kappa shape index (κ1) is 6.67. The van der Waals surface area contributed by atoms with Crippen LogP contribution in [0.1, 0.15) is 0 Å². The molecule has 1 rings (SSSR count). The van der Waals surface area contributed by atoms with Crippen LogP contribution < -0.4 is 10.5 Å². The Morgan fingerprint density at radius 1 is 1.70 bits per heavy atom. The van der Waals surface area contributed by atoms with Crippen LogP contribution in [0.5, 0.6) is 11.5 Å². The molecule has 0 fully saturated rings. The van der Waals surface area contributed by atoms with Crippen molar-refractivity contribution < 1.29 is 9.84 Å². The Balaban J connectivity index is 3.09. The molecule has 0 aromatic carbocycles. The molecular formula is C6H8N2O2. The van der Waals surface area contributed by atoms with Gasteiger partial charge < -0.3 is 15.6 Å². The van der Waals surface area contributed by atoms with Gasteiger partial charge in [0.2, 0.25) is 0 Å². The maximum atomic E-state index is 8.99. The molecule has 0 saturated carbocycles. The van der Waals surface area contributed by atoms with Crippen LogP contribution in [0.4, 0.5) is 5.82 Å². The highest BCUT2D eigenvalue weighted by Crippen LogP contribution is 2.24. The lowest BCUT2D eigenvalue weighted by Crippen LogP contribution is -1.91. The van der Waals surface area contributed by atoms with Gasteiger partial charge in [-0.2, -0.15) is 0 Å². The van der Waals surface area contributed by atoms with Crippen LogP contribution in [-0.2, 0) is 0 Å². The van der Waals surface area contributed by atoms with E-state index in [2.05, 4.69) is 4.98 Å². The normalized spacial score (nSPS) is 9.30. The number of rotatable bonds is 1. The molecule has 4 heteroatoms. The molecule has 0 saturated heterocycles. The molecule has 3 N–H and O–H groups in total. The average molecular weight is 140 g/mol. The van der Waals surface area contributed by atoms with Gasteiger partial charge in [0.1, 0.15) is 5.82 Å². The Bertz CT molecular complexity index is 237. The Hall–Kier alpha value is -1.45. The van der Waals surface area contributed by atoms with Crippen molar-refractivity contribution in [1.82, 2.24) is 4.98 Å². The van der Waals surface area contributed by atoms with Crippen LogP contribution in [0.3, 0.4) is 0 Å². The fraction of sp³-hybridized carbons (Fsp3) is 0.167. The summed E-state index contributed by atoms with van der Waals surface area (Å²) < 4.78 is 4.76. The number of methoxy groups -OCH3 is 1. The molecule has 4 nitrogen and oxygen atoms in total. The third-order valence-electron chi connectivity index (χ3n) is 1.09. The van der Waals surface area contributed by atoms with Crippen molar-refractivity contribution in [3.63, 3.8) is 0 Å². The fourth-order valence-corrected chi connectivity index (χ4v) is 0.608. The standard InChI is InChI=1S/C6H8N2O2/c1-10-5-2-6(7)8-3-4(5)9/h2-3,9H,1H3,(H2,7,8). The summed E-state index contributed by atoms with van der Waals surface area (Å²) in [5.74, 6) is 0.666. The van der Waals surface area contributed by atoms with Crippen LogP contribution in [0, 0.1) is 0 Å². The highest BCUT2D eigenvalue weighted by Gasteiger charge is 1.99. The molecule has 1 aromatic heterocycles. The highest BCUT2D eigenvalue weighted by molar-refractivity contribution is 5.44. The number of nitrogen functional groups attached to an aromatic ring is 1. The zero-order valence-corrected chi connectivity index (χ0v) is 5.53. The third-order valence-corrected chi connectivity index (χ3v) is 1.09. The van der Waals surface area contributed by atoms with E-state index < -0.39 is 0 Å². The van der Waals surface area contributed by atoms with E-state index in [1.807, 2.05) is 0 Å². The largest absolute Gasteiger partial charge is 0.503 e. The van der Waals surface area contributed by atoms with Crippen molar-refractivity contribution in [3.8, 4) is 11.5 Å². The van der Waals surface area contributed by atoms with Crippen molar-refractivity contribution in [2.45, 2.75) is 0 Å². The zero-order valence-electron chi connectivity index (χ0n) is 5.53. The molecule has 54 valence electrons. The van der Waals surface area contributed by atoms with Crippen molar-refractivity contribution in [1.29, 1.82) is 0 Å². The monoisotopic (exact) mass is 140 g/mol. The number of ether oxygens (including phenoxy) is 1. The first-order chi connectivity index (χ1) is 4.74. The SMILES string of the molecule is COc1cc(N)ncc1O. The van der Waals surface area contributed by atoms with E-state index in [4.69, 9.17) is 15.6 Å². The number of pyridine rings is 1. The second-order valence-electron chi connectivity index (χ2n) is 1.78. The summed E-state index contributed by atoms with van der Waals surface area (Å²) in [4.78, 5) is 3.64. The van der Waals surface area contributed by atoms with E-state index >= 15 is 0 Å². The lowest BCUT2D eigenvalue weighted by atomic mass is 10.4. The lowest BCUT2D eigenvalue weighted by Gasteiger charge is -2.01. The smallest absolute Gasteiger partial charge is 0.176 e. The second-order valence-corrected chi connectivity index (χ2v) is 1.78. The minimum Gasteiger partial charge on any atom is -0.503 e. The van der Waals surface area contributed by atoms with Crippen molar-refractivity contribution in [2.75, 3.05) is 12.8 Å². The minimum atomic E-state index is -0.00306. The summed E-state index contributed by atoms with van der Waals surface area (Å²) in [5, 5.41) is 8.99. The third kappa shape index (κ3) is 1.10. The molecule has 0 amide bonds. The summed E-state index contributed by atoms with van der Waals surface area (Å²) in [5.41, 5.74) is 5.30. The molecule has 0 aliphatic carbocycles. The Morgan fingerprint density at radius 3 is 2.90 bits per heavy atom. The van der Waals surface area contributed by atoms with Gasteiger partial charge in [-0.05, 0) is 0 Å². The molecule has 0 radical (unpaired) electrons. The van der Waals surface area contributed by atoms with E-state index in [9.17, 15) is 0 Å². The maximum absolute atomic E-state index is 8.99. The van der Waals surface area contributed by atoms with Gasteiger partial charge >= 0.3 is 0 Å². The Kier molecular flexibility index (Phi) is 1.62. The molecule has 1 heterocycles. The number of hydrogen-bond acceptors (Lipinski definition) is 4. The molecule has 0 bridgehead atoms. The van der Waals surface area contributed by atoms with Crippen LogP contribution >= 0.6 is 0 Å². The highest BCUT2D eigenvalue weighted by atomic mass is 16.5. The number of hydrogen-bond donors (Lipinski definition) is 2. The topological polar surface area (TPSA) is 68.4 Å². The van der Waals surface area contributed by atoms with E-state index in [-0.39, 0.29) is 5.75 Å². The van der Waals surface area contributed by atoms with E-state index in [1.54, 1.807) is 0 Å². The van der Waals surface area contributed by atoms with E-state index in [0.717, 1.165) is 0 Å². The van der Waals surface area contributed by atoms with E-state index in [1.165, 1.54) is 19.4 Å². The molecule has 0 aliphatic heterocycles. The maximum Gasteiger partial charge on any atom is 0.176 e. The summed E-state index contributed by atoms with van der Waals surface area (Å²) in [7, 11) is 1.45. The molecule has 0 aliphatic rings. The van der Waals surface area contributed by atoms with Crippen LogP contribution in [0.15, 0.2) is 12.3 Å². The summed E-state index contributed by atoms with van der Waals surface area (Å²) >= 11 is 0. The number of anilines is 1. The summed E-state index contributed by atoms with van der Waals surface area (Å²) in [6.07, 6.45) is 1.24. The molecule has 1 aromatic rings. The zero-order chi connectivity index (χ0) is 7.56. The predicted octanol–water partition coefficient (Wildman–Crippen LogP) is 0.378. The van der Waals surface area contributed by atoms with Crippen molar-refractivity contribution in [3.05, 3.63) is 12.3 Å². The molecule has 10 heavy (non-hydrogen) atoms. The van der Waals surface area contributed by atoms with E-state index in [0.29, 0.717) is 11.6 Å². The van der Waals surface area contributed by atoms with Crippen LogP contribution in [0.2, 0.25) is 0 Å². The molecule has 0 unspecified atom stereocenters. The van der Waals surface area contributed by atoms with Gasteiger partial charge in [-0.25, -0.2) is 4.98 Å². The molecule has 0 spiro atoms. The Labute approximate surface area is 58.3 Å². The molecular weight excluding hydrogens is 132 g/mol. The minimum absolute atomic E-state index is 0.00306. The lowest BCUT2D eigenvalue weighted by molar-refractivity contribution is 0.372. The van der Waals surface area contributed by atoms with Gasteiger partial charge in [-0.3, -0.25) is 0 Å². The molecule has 0 atom stereocenters. The number of aromatic hydroxyl groups is 1. The quantitative estimate of drug-likeness (QED) is 0.591. The fourth-order valence-electron chi connectivity index (χ4n) is 0.608. The first-order valence-corrected chi connectivity index (χ1v) is 2.72. The van der Waals surface area contributed by atoms with Gasteiger partial charge in [0.25, 0.3) is 0 Å². The number of aromatic nitrogens is 1. The predicted molar refractivity (Wildman–Crippen MR) is 36.9 cm³/mol. The van der Waals surface area contributed by atoms with Crippen molar-refractivity contribution in [2.24, 2.45) is 0 Å². The van der Waals surface area contributed by atoms with Gasteiger partial charge in [0.05, 0.1) is 13.3 Å².